The van der Waals surface area contributed by atoms with Crippen LogP contribution in [0.3, 0.4) is 0 Å². The Balaban J connectivity index is 1.85. The number of carbonyl (C=O) groups excluding carboxylic acids is 1. The third-order valence-corrected chi connectivity index (χ3v) is 4.26. The van der Waals surface area contributed by atoms with Gasteiger partial charge in [0, 0.05) is 4.47 Å². The molecule has 1 heterocycles. The summed E-state index contributed by atoms with van der Waals surface area (Å²) in [5.74, 6) is -1.04. The number of hydrogen-bond acceptors (Lipinski definition) is 6. The van der Waals surface area contributed by atoms with Crippen molar-refractivity contribution in [3.8, 4) is 5.75 Å². The van der Waals surface area contributed by atoms with Crippen molar-refractivity contribution in [3.05, 3.63) is 61.3 Å². The fourth-order valence-electron chi connectivity index (χ4n) is 2.03. The van der Waals surface area contributed by atoms with Crippen LogP contribution in [0.2, 0.25) is 0 Å². The normalized spacial score (nSPS) is 10.8. The molecule has 9 heteroatoms. The molecule has 3 aromatic rings. The molecule has 0 saturated heterocycles. The quantitative estimate of drug-likeness (QED) is 0.611. The molecule has 3 rings (SSSR count). The largest absolute Gasteiger partial charge is 0.506 e. The molecular formula is C15H9Br2N3O4. The van der Waals surface area contributed by atoms with Crippen LogP contribution in [-0.4, -0.2) is 26.1 Å². The summed E-state index contributed by atoms with van der Waals surface area (Å²) >= 11 is 6.36. The Bertz CT molecular complexity index is 1000. The molecule has 7 nitrogen and oxygen atoms in total. The molecule has 0 fully saturated rings. The van der Waals surface area contributed by atoms with E-state index in [-0.39, 0.29) is 11.3 Å². The Morgan fingerprint density at radius 1 is 1.25 bits per heavy atom. The third kappa shape index (κ3) is 3.17. The van der Waals surface area contributed by atoms with Gasteiger partial charge in [-0.3, -0.25) is 4.79 Å². The van der Waals surface area contributed by atoms with E-state index >= 15 is 0 Å². The zero-order chi connectivity index (χ0) is 17.3. The molecule has 0 aliphatic carbocycles. The first kappa shape index (κ1) is 16.6. The third-order valence-electron chi connectivity index (χ3n) is 3.20. The standard InChI is InChI=1S/C15H9Br2N3O4/c16-8-5-10(13(21)11(17)6-8)15(23)24-7-20-14(22)9-3-1-2-4-12(9)18-19-20/h1-6,21H,7H2. The molecule has 1 N–H and O–H groups in total. The summed E-state index contributed by atoms with van der Waals surface area (Å²) < 4.78 is 6.91. The molecular weight excluding hydrogens is 446 g/mol. The summed E-state index contributed by atoms with van der Waals surface area (Å²) in [5.41, 5.74) is -0.00951. The lowest BCUT2D eigenvalue weighted by Crippen LogP contribution is -2.26. The lowest BCUT2D eigenvalue weighted by molar-refractivity contribution is 0.0332. The van der Waals surface area contributed by atoms with E-state index in [2.05, 4.69) is 42.2 Å². The van der Waals surface area contributed by atoms with E-state index in [4.69, 9.17) is 4.74 Å². The van der Waals surface area contributed by atoms with Crippen LogP contribution in [0.25, 0.3) is 10.9 Å². The number of benzene rings is 2. The molecule has 2 aromatic carbocycles. The Morgan fingerprint density at radius 2 is 2.00 bits per heavy atom. The number of carbonyl (C=O) groups is 1. The van der Waals surface area contributed by atoms with Crippen molar-refractivity contribution in [1.29, 1.82) is 0 Å². The van der Waals surface area contributed by atoms with Gasteiger partial charge in [-0.15, -0.1) is 5.10 Å². The highest BCUT2D eigenvalue weighted by Gasteiger charge is 2.17. The second-order valence-electron chi connectivity index (χ2n) is 4.76. The van der Waals surface area contributed by atoms with Crippen molar-refractivity contribution in [1.82, 2.24) is 15.0 Å². The van der Waals surface area contributed by atoms with Gasteiger partial charge >= 0.3 is 5.97 Å². The molecule has 0 unspecified atom stereocenters. The summed E-state index contributed by atoms with van der Waals surface area (Å²) in [7, 11) is 0. The van der Waals surface area contributed by atoms with E-state index in [0.29, 0.717) is 19.8 Å². The maximum absolute atomic E-state index is 12.3. The second-order valence-corrected chi connectivity index (χ2v) is 6.53. The van der Waals surface area contributed by atoms with Gasteiger partial charge in [-0.1, -0.05) is 33.3 Å². The first-order chi connectivity index (χ1) is 11.5. The van der Waals surface area contributed by atoms with Gasteiger partial charge in [-0.2, -0.15) is 4.68 Å². The fourth-order valence-corrected chi connectivity index (χ4v) is 3.25. The Labute approximate surface area is 152 Å². The van der Waals surface area contributed by atoms with Crippen LogP contribution in [0, 0.1) is 0 Å². The summed E-state index contributed by atoms with van der Waals surface area (Å²) in [6, 6.07) is 9.73. The number of phenolic OH excluding ortho intramolecular Hbond substituents is 1. The highest BCUT2D eigenvalue weighted by Crippen LogP contribution is 2.32. The molecule has 0 aliphatic rings. The molecule has 0 aliphatic heterocycles. The van der Waals surface area contributed by atoms with Gasteiger partial charge in [0.1, 0.15) is 16.8 Å². The summed E-state index contributed by atoms with van der Waals surface area (Å²) in [6.45, 7) is -0.418. The minimum absolute atomic E-state index is 0.0435. The summed E-state index contributed by atoms with van der Waals surface area (Å²) in [4.78, 5) is 24.4. The van der Waals surface area contributed by atoms with Crippen molar-refractivity contribution in [2.24, 2.45) is 0 Å². The predicted octanol–water partition coefficient (Wildman–Crippen LogP) is 2.84. The van der Waals surface area contributed by atoms with Crippen molar-refractivity contribution in [3.63, 3.8) is 0 Å². The van der Waals surface area contributed by atoms with Crippen LogP contribution in [0.5, 0.6) is 5.75 Å². The van der Waals surface area contributed by atoms with Crippen LogP contribution in [0.15, 0.2) is 50.1 Å². The van der Waals surface area contributed by atoms with Gasteiger partial charge in [-0.25, -0.2) is 4.79 Å². The number of hydrogen-bond donors (Lipinski definition) is 1. The number of rotatable bonds is 3. The molecule has 0 amide bonds. The molecule has 0 saturated carbocycles. The minimum Gasteiger partial charge on any atom is -0.506 e. The predicted molar refractivity (Wildman–Crippen MR) is 92.7 cm³/mol. The van der Waals surface area contributed by atoms with Crippen LogP contribution < -0.4 is 5.56 Å². The number of nitrogens with zero attached hydrogens (tertiary/aromatic N) is 3. The summed E-state index contributed by atoms with van der Waals surface area (Å²) in [6.07, 6.45) is 0. The molecule has 0 atom stereocenters. The summed E-state index contributed by atoms with van der Waals surface area (Å²) in [5, 5.41) is 17.9. The van der Waals surface area contributed by atoms with Gasteiger partial charge < -0.3 is 9.84 Å². The lowest BCUT2D eigenvalue weighted by Gasteiger charge is -2.09. The molecule has 0 bridgehead atoms. The Kier molecular flexibility index (Phi) is 4.63. The number of fused-ring (bicyclic) bond motifs is 1. The first-order valence-corrected chi connectivity index (χ1v) is 8.23. The molecule has 0 spiro atoms. The fraction of sp³-hybridized carbons (Fsp3) is 0.0667. The van der Waals surface area contributed by atoms with Crippen molar-refractivity contribution in [2.45, 2.75) is 6.73 Å². The second kappa shape index (κ2) is 6.70. The number of aromatic hydroxyl groups is 1. The Morgan fingerprint density at radius 3 is 2.79 bits per heavy atom. The zero-order valence-corrected chi connectivity index (χ0v) is 15.1. The van der Waals surface area contributed by atoms with Gasteiger partial charge in [0.2, 0.25) is 0 Å². The first-order valence-electron chi connectivity index (χ1n) is 6.65. The average Bonchev–Trinajstić information content (AvgIpc) is 2.57. The van der Waals surface area contributed by atoms with Gasteiger partial charge in [-0.05, 0) is 40.2 Å². The van der Waals surface area contributed by atoms with Gasteiger partial charge in [0.15, 0.2) is 6.73 Å². The lowest BCUT2D eigenvalue weighted by atomic mass is 10.2. The van der Waals surface area contributed by atoms with E-state index in [9.17, 15) is 14.7 Å². The van der Waals surface area contributed by atoms with Crippen molar-refractivity contribution in [2.75, 3.05) is 0 Å². The Hall–Kier alpha value is -2.26. The maximum atomic E-state index is 12.3. The van der Waals surface area contributed by atoms with Crippen LogP contribution in [0.4, 0.5) is 0 Å². The van der Waals surface area contributed by atoms with Crippen LogP contribution in [0.1, 0.15) is 10.4 Å². The van der Waals surface area contributed by atoms with E-state index in [1.807, 2.05) is 0 Å². The molecule has 24 heavy (non-hydrogen) atoms. The van der Waals surface area contributed by atoms with E-state index in [1.165, 1.54) is 6.07 Å². The molecule has 122 valence electrons. The van der Waals surface area contributed by atoms with Gasteiger partial charge in [0.25, 0.3) is 5.56 Å². The number of esters is 1. The highest BCUT2D eigenvalue weighted by atomic mass is 79.9. The van der Waals surface area contributed by atoms with Gasteiger partial charge in [0.05, 0.1) is 9.86 Å². The van der Waals surface area contributed by atoms with E-state index in [1.54, 1.807) is 30.3 Å². The SMILES string of the molecule is O=C(OCn1nnc2ccccc2c1=O)c1cc(Br)cc(Br)c1O. The topological polar surface area (TPSA) is 94.3 Å². The maximum Gasteiger partial charge on any atom is 0.343 e. The monoisotopic (exact) mass is 453 g/mol. The van der Waals surface area contributed by atoms with Crippen molar-refractivity contribution < 1.29 is 14.6 Å². The minimum atomic E-state index is -0.795. The number of aromatic nitrogens is 3. The zero-order valence-electron chi connectivity index (χ0n) is 11.9. The molecule has 0 radical (unpaired) electrons. The number of phenols is 1. The number of halogens is 2. The van der Waals surface area contributed by atoms with Crippen LogP contribution >= 0.6 is 31.9 Å². The van der Waals surface area contributed by atoms with E-state index in [0.717, 1.165) is 4.68 Å². The van der Waals surface area contributed by atoms with E-state index < -0.39 is 18.3 Å². The smallest absolute Gasteiger partial charge is 0.343 e. The van der Waals surface area contributed by atoms with Crippen LogP contribution in [-0.2, 0) is 11.5 Å². The average molecular weight is 455 g/mol. The van der Waals surface area contributed by atoms with Crippen molar-refractivity contribution >= 4 is 48.7 Å². The highest BCUT2D eigenvalue weighted by molar-refractivity contribution is 9.11. The molecule has 1 aromatic heterocycles. The number of ether oxygens (including phenoxy) is 1.